The number of benzene rings is 2. The molecule has 0 fully saturated rings. The largest absolute Gasteiger partial charge is 0.325 e. The minimum atomic E-state index is -0.0950. The van der Waals surface area contributed by atoms with Gasteiger partial charge >= 0.3 is 0 Å². The number of aryl methyl sites for hydroxylation is 2. The van der Waals surface area contributed by atoms with Gasteiger partial charge in [0.1, 0.15) is 0 Å². The molecule has 128 valence electrons. The fraction of sp³-hybridized carbons (Fsp3) is 0.167. The number of aromatic nitrogens is 3. The minimum Gasteiger partial charge on any atom is -0.325 e. The van der Waals surface area contributed by atoms with Crippen LogP contribution >= 0.6 is 27.7 Å². The number of carbonyl (C=O) groups is 1. The molecule has 1 amide bonds. The van der Waals surface area contributed by atoms with E-state index in [-0.39, 0.29) is 11.7 Å². The molecule has 0 saturated carbocycles. The third-order valence-electron chi connectivity index (χ3n) is 3.58. The van der Waals surface area contributed by atoms with Gasteiger partial charge in [0.25, 0.3) is 0 Å². The Bertz CT molecular complexity index is 892. The topological polar surface area (TPSA) is 70.7 Å². The maximum absolute atomic E-state index is 12.1. The first kappa shape index (κ1) is 17.7. The molecule has 5 nitrogen and oxygen atoms in total. The molecule has 0 aliphatic rings. The number of nitrogens with zero attached hydrogens (tertiary/aromatic N) is 2. The lowest BCUT2D eigenvalue weighted by atomic mass is 10.1. The zero-order chi connectivity index (χ0) is 17.8. The Kier molecular flexibility index (Phi) is 5.55. The predicted octanol–water partition coefficient (Wildman–Crippen LogP) is 4.58. The Labute approximate surface area is 158 Å². The number of H-pyrrole nitrogens is 1. The summed E-state index contributed by atoms with van der Waals surface area (Å²) in [6.07, 6.45) is 0. The number of anilines is 1. The van der Waals surface area contributed by atoms with E-state index in [0.29, 0.717) is 11.0 Å². The van der Waals surface area contributed by atoms with Crippen LogP contribution in [0, 0.1) is 13.8 Å². The lowest BCUT2D eigenvalue weighted by Crippen LogP contribution is -2.14. The van der Waals surface area contributed by atoms with Crippen LogP contribution in [0.4, 0.5) is 5.69 Å². The average Bonchev–Trinajstić information content (AvgIpc) is 3.06. The van der Waals surface area contributed by atoms with Crippen molar-refractivity contribution >= 4 is 39.3 Å². The summed E-state index contributed by atoms with van der Waals surface area (Å²) in [5.41, 5.74) is 4.05. The number of nitrogens with one attached hydrogen (secondary N) is 2. The summed E-state index contributed by atoms with van der Waals surface area (Å²) in [4.78, 5) is 16.5. The maximum atomic E-state index is 12.1. The van der Waals surface area contributed by atoms with Gasteiger partial charge in [0.2, 0.25) is 11.1 Å². The fourth-order valence-corrected chi connectivity index (χ4v) is 3.13. The molecule has 25 heavy (non-hydrogen) atoms. The van der Waals surface area contributed by atoms with Crippen LogP contribution in [0.15, 0.2) is 52.1 Å². The number of hydrogen-bond donors (Lipinski definition) is 2. The van der Waals surface area contributed by atoms with Gasteiger partial charge in [-0.3, -0.25) is 9.89 Å². The SMILES string of the molecule is Cc1ccc(-c2nc(SCC(=O)Nc3ccc(C)c(Br)c3)n[nH]2)cc1. The molecule has 0 unspecified atom stereocenters. The zero-order valence-electron chi connectivity index (χ0n) is 13.8. The molecule has 7 heteroatoms. The van der Waals surface area contributed by atoms with Gasteiger partial charge in [0, 0.05) is 15.7 Å². The van der Waals surface area contributed by atoms with Crippen LogP contribution < -0.4 is 5.32 Å². The minimum absolute atomic E-state index is 0.0950. The number of hydrogen-bond acceptors (Lipinski definition) is 4. The van der Waals surface area contributed by atoms with Crippen molar-refractivity contribution in [2.45, 2.75) is 19.0 Å². The number of rotatable bonds is 5. The standard InChI is InChI=1S/C18H17BrN4OS/c1-11-3-6-13(7-4-11)17-21-18(23-22-17)25-10-16(24)20-14-8-5-12(2)15(19)9-14/h3-9H,10H2,1-2H3,(H,20,24)(H,21,22,23). The molecule has 0 aliphatic heterocycles. The lowest BCUT2D eigenvalue weighted by Gasteiger charge is -2.06. The first-order chi connectivity index (χ1) is 12.0. The molecule has 2 N–H and O–H groups in total. The van der Waals surface area contributed by atoms with Gasteiger partial charge in [-0.1, -0.05) is 63.6 Å². The van der Waals surface area contributed by atoms with Gasteiger partial charge < -0.3 is 5.32 Å². The van der Waals surface area contributed by atoms with E-state index >= 15 is 0 Å². The smallest absolute Gasteiger partial charge is 0.234 e. The highest BCUT2D eigenvalue weighted by atomic mass is 79.9. The third kappa shape index (κ3) is 4.70. The van der Waals surface area contributed by atoms with Crippen molar-refractivity contribution in [1.29, 1.82) is 0 Å². The van der Waals surface area contributed by atoms with E-state index in [1.807, 2.05) is 56.3 Å². The molecule has 2 aromatic carbocycles. The van der Waals surface area contributed by atoms with Crippen molar-refractivity contribution in [3.8, 4) is 11.4 Å². The lowest BCUT2D eigenvalue weighted by molar-refractivity contribution is -0.113. The molecule has 0 saturated heterocycles. The molecule has 1 heterocycles. The van der Waals surface area contributed by atoms with Gasteiger partial charge in [-0.2, -0.15) is 0 Å². The number of carbonyl (C=O) groups excluding carboxylic acids is 1. The van der Waals surface area contributed by atoms with Crippen molar-refractivity contribution in [3.05, 3.63) is 58.1 Å². The number of thioether (sulfide) groups is 1. The van der Waals surface area contributed by atoms with E-state index in [1.165, 1.54) is 17.3 Å². The van der Waals surface area contributed by atoms with Crippen LogP contribution in [0.25, 0.3) is 11.4 Å². The van der Waals surface area contributed by atoms with Gasteiger partial charge in [-0.15, -0.1) is 5.10 Å². The molecule has 0 aliphatic carbocycles. The van der Waals surface area contributed by atoms with Gasteiger partial charge in [0.05, 0.1) is 5.75 Å². The van der Waals surface area contributed by atoms with Crippen LogP contribution in [0.5, 0.6) is 0 Å². The quantitative estimate of drug-likeness (QED) is 0.596. The Balaban J connectivity index is 1.57. The van der Waals surface area contributed by atoms with E-state index < -0.39 is 0 Å². The van der Waals surface area contributed by atoms with Gasteiger partial charge in [0.15, 0.2) is 5.82 Å². The first-order valence-corrected chi connectivity index (χ1v) is 9.47. The number of aromatic amines is 1. The summed E-state index contributed by atoms with van der Waals surface area (Å²) in [6.45, 7) is 4.04. The third-order valence-corrected chi connectivity index (χ3v) is 5.28. The van der Waals surface area contributed by atoms with Crippen molar-refractivity contribution < 1.29 is 4.79 Å². The highest BCUT2D eigenvalue weighted by Crippen LogP contribution is 2.22. The number of halogens is 1. The van der Waals surface area contributed by atoms with E-state index in [2.05, 4.69) is 36.4 Å². The molecular formula is C18H17BrN4OS. The second-order valence-corrected chi connectivity index (χ2v) is 7.43. The molecule has 3 aromatic rings. The van der Waals surface area contributed by atoms with Crippen molar-refractivity contribution in [2.75, 3.05) is 11.1 Å². The van der Waals surface area contributed by atoms with Crippen LogP contribution in [0.3, 0.4) is 0 Å². The summed E-state index contributed by atoms with van der Waals surface area (Å²) < 4.78 is 0.967. The second kappa shape index (κ2) is 7.84. The van der Waals surface area contributed by atoms with Crippen LogP contribution in [-0.4, -0.2) is 26.8 Å². The van der Waals surface area contributed by atoms with Crippen molar-refractivity contribution in [3.63, 3.8) is 0 Å². The normalized spacial score (nSPS) is 10.7. The highest BCUT2D eigenvalue weighted by Gasteiger charge is 2.09. The molecule has 3 rings (SSSR count). The first-order valence-electron chi connectivity index (χ1n) is 7.69. The monoisotopic (exact) mass is 416 g/mol. The molecule has 0 radical (unpaired) electrons. The van der Waals surface area contributed by atoms with E-state index in [1.54, 1.807) is 0 Å². The van der Waals surface area contributed by atoms with Crippen molar-refractivity contribution in [1.82, 2.24) is 15.2 Å². The molecular weight excluding hydrogens is 400 g/mol. The average molecular weight is 417 g/mol. The Morgan fingerprint density at radius 3 is 2.68 bits per heavy atom. The van der Waals surface area contributed by atoms with E-state index in [4.69, 9.17) is 0 Å². The Morgan fingerprint density at radius 2 is 1.96 bits per heavy atom. The number of amides is 1. The fourth-order valence-electron chi connectivity index (χ4n) is 2.15. The second-order valence-electron chi connectivity index (χ2n) is 5.63. The molecule has 1 aromatic heterocycles. The van der Waals surface area contributed by atoms with Crippen LogP contribution in [0.1, 0.15) is 11.1 Å². The zero-order valence-corrected chi connectivity index (χ0v) is 16.2. The van der Waals surface area contributed by atoms with Gasteiger partial charge in [-0.25, -0.2) is 4.98 Å². The van der Waals surface area contributed by atoms with Gasteiger partial charge in [-0.05, 0) is 31.5 Å². The van der Waals surface area contributed by atoms with E-state index in [9.17, 15) is 4.79 Å². The van der Waals surface area contributed by atoms with Crippen molar-refractivity contribution in [2.24, 2.45) is 0 Å². The summed E-state index contributed by atoms with van der Waals surface area (Å²) in [5.74, 6) is 0.851. The predicted molar refractivity (Wildman–Crippen MR) is 105 cm³/mol. The molecule has 0 spiro atoms. The molecule has 0 atom stereocenters. The van der Waals surface area contributed by atoms with Crippen LogP contribution in [0.2, 0.25) is 0 Å². The summed E-state index contributed by atoms with van der Waals surface area (Å²) in [5, 5.41) is 10.5. The Morgan fingerprint density at radius 1 is 1.20 bits per heavy atom. The highest BCUT2D eigenvalue weighted by molar-refractivity contribution is 9.10. The summed E-state index contributed by atoms with van der Waals surface area (Å²) in [6, 6.07) is 13.8. The Hall–Kier alpha value is -2.12. The maximum Gasteiger partial charge on any atom is 0.234 e. The van der Waals surface area contributed by atoms with E-state index in [0.717, 1.165) is 21.3 Å². The summed E-state index contributed by atoms with van der Waals surface area (Å²) in [7, 11) is 0. The summed E-state index contributed by atoms with van der Waals surface area (Å²) >= 11 is 4.76. The van der Waals surface area contributed by atoms with Crippen LogP contribution in [-0.2, 0) is 4.79 Å². The molecule has 0 bridgehead atoms.